The first-order chi connectivity index (χ1) is 8.66. The topological polar surface area (TPSA) is 104 Å². The molecule has 3 N–H and O–H groups in total. The van der Waals surface area contributed by atoms with Gasteiger partial charge in [0, 0.05) is 4.88 Å². The van der Waals surface area contributed by atoms with Gasteiger partial charge in [-0.15, -0.1) is 21.5 Å². The molecule has 2 amide bonds. The molecule has 0 aromatic carbocycles. The van der Waals surface area contributed by atoms with Crippen molar-refractivity contribution in [1.29, 1.82) is 0 Å². The molecule has 2 heterocycles. The van der Waals surface area contributed by atoms with Crippen LogP contribution in [0.3, 0.4) is 0 Å². The number of aromatic nitrogens is 2. The second kappa shape index (κ2) is 5.56. The van der Waals surface area contributed by atoms with Crippen LogP contribution in [0.1, 0.15) is 10.9 Å². The van der Waals surface area contributed by atoms with Gasteiger partial charge in [0.05, 0.1) is 0 Å². The van der Waals surface area contributed by atoms with Crippen molar-refractivity contribution in [1.82, 2.24) is 15.5 Å². The lowest BCUT2D eigenvalue weighted by Gasteiger charge is -2.12. The summed E-state index contributed by atoms with van der Waals surface area (Å²) in [4.78, 5) is 23.2. The summed E-state index contributed by atoms with van der Waals surface area (Å²) in [6, 6.07) is 1.67. The fraction of sp³-hybridized carbons (Fsp3) is 0.111. The van der Waals surface area contributed by atoms with Crippen molar-refractivity contribution >= 4 is 39.8 Å². The average molecular weight is 284 g/mol. The fourth-order valence-corrected chi connectivity index (χ4v) is 2.41. The number of urea groups is 1. The lowest BCUT2D eigenvalue weighted by Crippen LogP contribution is -2.36. The number of carboxylic acid groups (broad SMARTS) is 1. The summed E-state index contributed by atoms with van der Waals surface area (Å²) in [5.41, 5.74) is 1.46. The first-order valence-corrected chi connectivity index (χ1v) is 6.52. The molecule has 2 aromatic heterocycles. The van der Waals surface area contributed by atoms with E-state index in [-0.39, 0.29) is 0 Å². The van der Waals surface area contributed by atoms with Gasteiger partial charge >= 0.3 is 12.0 Å². The van der Waals surface area contributed by atoms with Crippen molar-refractivity contribution < 1.29 is 14.7 Å². The van der Waals surface area contributed by atoms with E-state index in [0.29, 0.717) is 10.0 Å². The average Bonchev–Trinajstić information content (AvgIpc) is 2.97. The Labute approximate surface area is 109 Å². The molecule has 0 saturated carbocycles. The highest BCUT2D eigenvalue weighted by Crippen LogP contribution is 2.19. The van der Waals surface area contributed by atoms with E-state index < -0.39 is 18.0 Å². The maximum absolute atomic E-state index is 11.6. The van der Waals surface area contributed by atoms with Gasteiger partial charge in [-0.05, 0) is 11.4 Å². The summed E-state index contributed by atoms with van der Waals surface area (Å²) in [5, 5.41) is 23.0. The zero-order chi connectivity index (χ0) is 13.0. The van der Waals surface area contributed by atoms with Crippen LogP contribution in [0.2, 0.25) is 0 Å². The Kier molecular flexibility index (Phi) is 3.85. The minimum atomic E-state index is -1.12. The van der Waals surface area contributed by atoms with Gasteiger partial charge < -0.3 is 10.4 Å². The molecule has 0 fully saturated rings. The Hall–Kier alpha value is -2.00. The number of nitrogens with one attached hydrogen (secondary N) is 2. The molecule has 1 atom stereocenters. The highest BCUT2D eigenvalue weighted by atomic mass is 32.1. The lowest BCUT2D eigenvalue weighted by molar-refractivity contribution is -0.139. The van der Waals surface area contributed by atoms with Crippen molar-refractivity contribution in [3.8, 4) is 0 Å². The van der Waals surface area contributed by atoms with Crippen LogP contribution in [-0.4, -0.2) is 27.3 Å². The number of carbonyl (C=O) groups excluding carboxylic acids is 1. The summed E-state index contributed by atoms with van der Waals surface area (Å²) >= 11 is 2.41. The van der Waals surface area contributed by atoms with Crippen molar-refractivity contribution in [2.45, 2.75) is 6.04 Å². The number of aliphatic carboxylic acids is 1. The summed E-state index contributed by atoms with van der Waals surface area (Å²) in [5.74, 6) is -1.12. The van der Waals surface area contributed by atoms with E-state index in [4.69, 9.17) is 5.11 Å². The van der Waals surface area contributed by atoms with Crippen molar-refractivity contribution in [3.63, 3.8) is 0 Å². The number of carbonyl (C=O) groups is 2. The first-order valence-electron chi connectivity index (χ1n) is 4.76. The minimum Gasteiger partial charge on any atom is -0.479 e. The first kappa shape index (κ1) is 12.5. The van der Waals surface area contributed by atoms with E-state index in [2.05, 4.69) is 20.8 Å². The van der Waals surface area contributed by atoms with Gasteiger partial charge in [-0.2, -0.15) is 0 Å². The molecule has 0 spiro atoms. The van der Waals surface area contributed by atoms with Gasteiger partial charge in [0.25, 0.3) is 0 Å². The monoisotopic (exact) mass is 284 g/mol. The molecule has 0 aliphatic carbocycles. The van der Waals surface area contributed by atoms with Crippen LogP contribution >= 0.6 is 22.7 Å². The number of amides is 2. The second-order valence-corrected chi connectivity index (χ2v) is 4.94. The van der Waals surface area contributed by atoms with E-state index in [1.54, 1.807) is 17.5 Å². The molecule has 0 aliphatic heterocycles. The molecular formula is C9H8N4O3S2. The highest BCUT2D eigenvalue weighted by molar-refractivity contribution is 7.13. The van der Waals surface area contributed by atoms with Crippen molar-refractivity contribution in [3.05, 3.63) is 27.9 Å². The molecule has 94 valence electrons. The van der Waals surface area contributed by atoms with Crippen molar-refractivity contribution in [2.24, 2.45) is 0 Å². The third-order valence-corrected chi connectivity index (χ3v) is 3.47. The zero-order valence-corrected chi connectivity index (χ0v) is 10.5. The van der Waals surface area contributed by atoms with Gasteiger partial charge in [0.1, 0.15) is 5.51 Å². The fourth-order valence-electron chi connectivity index (χ4n) is 1.20. The number of hydrogen-bond acceptors (Lipinski definition) is 6. The molecule has 18 heavy (non-hydrogen) atoms. The summed E-state index contributed by atoms with van der Waals surface area (Å²) in [6.07, 6.45) is 0. The number of anilines is 1. The van der Waals surface area contributed by atoms with E-state index in [0.717, 1.165) is 11.3 Å². The van der Waals surface area contributed by atoms with Crippen LogP contribution in [0.15, 0.2) is 23.0 Å². The van der Waals surface area contributed by atoms with Gasteiger partial charge in [0.15, 0.2) is 6.04 Å². The Morgan fingerprint density at radius 2 is 2.22 bits per heavy atom. The quantitative estimate of drug-likeness (QED) is 0.790. The lowest BCUT2D eigenvalue weighted by atomic mass is 10.2. The zero-order valence-electron chi connectivity index (χ0n) is 8.86. The number of carboxylic acids is 1. The van der Waals surface area contributed by atoms with Crippen LogP contribution in [0, 0.1) is 0 Å². The Bertz CT molecular complexity index is 526. The Morgan fingerprint density at radius 3 is 2.78 bits per heavy atom. The molecule has 0 aliphatic rings. The van der Waals surface area contributed by atoms with Crippen LogP contribution in [0.25, 0.3) is 0 Å². The van der Waals surface area contributed by atoms with Crippen LogP contribution in [0.5, 0.6) is 0 Å². The largest absolute Gasteiger partial charge is 0.479 e. The third-order valence-electron chi connectivity index (χ3n) is 1.93. The molecular weight excluding hydrogens is 276 g/mol. The highest BCUT2D eigenvalue weighted by Gasteiger charge is 2.23. The summed E-state index contributed by atoms with van der Waals surface area (Å²) < 4.78 is 0. The maximum Gasteiger partial charge on any atom is 0.331 e. The van der Waals surface area contributed by atoms with Gasteiger partial charge in [-0.25, -0.2) is 9.59 Å². The standard InChI is InChI=1S/C9H8N4O3S2/c14-7(15)6(5-2-1-3-17-5)11-8(16)12-9-13-10-4-18-9/h1-4,6H,(H,14,15)(H2,11,12,13,16). The van der Waals surface area contributed by atoms with Gasteiger partial charge in [0.2, 0.25) is 5.13 Å². The maximum atomic E-state index is 11.6. The third kappa shape index (κ3) is 3.02. The predicted octanol–water partition coefficient (Wildman–Crippen LogP) is 1.55. The molecule has 9 heteroatoms. The molecule has 1 unspecified atom stereocenters. The molecule has 7 nitrogen and oxygen atoms in total. The van der Waals surface area contributed by atoms with Crippen LogP contribution in [0.4, 0.5) is 9.93 Å². The molecule has 0 radical (unpaired) electrons. The van der Waals surface area contributed by atoms with E-state index in [1.165, 1.54) is 16.8 Å². The number of rotatable bonds is 4. The number of nitrogens with zero attached hydrogens (tertiary/aromatic N) is 2. The van der Waals surface area contributed by atoms with Crippen LogP contribution < -0.4 is 10.6 Å². The normalized spacial score (nSPS) is 11.8. The summed E-state index contributed by atoms with van der Waals surface area (Å²) in [6.45, 7) is 0. The van der Waals surface area contributed by atoms with Crippen molar-refractivity contribution in [2.75, 3.05) is 5.32 Å². The SMILES string of the molecule is O=C(Nc1nncs1)NC(C(=O)O)c1cccs1. The summed E-state index contributed by atoms with van der Waals surface area (Å²) in [7, 11) is 0. The van der Waals surface area contributed by atoms with E-state index in [1.807, 2.05) is 0 Å². The molecule has 0 bridgehead atoms. The van der Waals surface area contributed by atoms with E-state index in [9.17, 15) is 9.59 Å². The predicted molar refractivity (Wildman–Crippen MR) is 66.8 cm³/mol. The number of thiophene rings is 1. The number of hydrogen-bond donors (Lipinski definition) is 3. The van der Waals surface area contributed by atoms with E-state index >= 15 is 0 Å². The van der Waals surface area contributed by atoms with Crippen LogP contribution in [-0.2, 0) is 4.79 Å². The molecule has 2 aromatic rings. The Balaban J connectivity index is 2.01. The van der Waals surface area contributed by atoms with Gasteiger partial charge in [-0.3, -0.25) is 5.32 Å². The van der Waals surface area contributed by atoms with Gasteiger partial charge in [-0.1, -0.05) is 17.4 Å². The second-order valence-electron chi connectivity index (χ2n) is 3.13. The smallest absolute Gasteiger partial charge is 0.331 e. The molecule has 2 rings (SSSR count). The Morgan fingerprint density at radius 1 is 1.39 bits per heavy atom. The minimum absolute atomic E-state index is 0.308. The molecule has 0 saturated heterocycles.